The predicted octanol–water partition coefficient (Wildman–Crippen LogP) is 5.50. The van der Waals surface area contributed by atoms with Crippen molar-refractivity contribution in [3.05, 3.63) is 53.6 Å². The fraction of sp³-hybridized carbons (Fsp3) is 0.222. The Morgan fingerprint density at radius 1 is 1.12 bits per heavy atom. The Bertz CT molecular complexity index is 827. The van der Waals surface area contributed by atoms with E-state index in [9.17, 15) is 0 Å². The highest BCUT2D eigenvalue weighted by atomic mass is 35.5. The molecule has 0 spiro atoms. The molecule has 3 rings (SSSR count). The van der Waals surface area contributed by atoms with Crippen molar-refractivity contribution in [1.29, 1.82) is 0 Å². The molecular formula is C18H18ClN3O2S2. The lowest BCUT2D eigenvalue weighted by molar-refractivity contribution is 0.319. The summed E-state index contributed by atoms with van der Waals surface area (Å²) in [7, 11) is 1.65. The molecule has 1 heterocycles. The molecule has 0 aliphatic rings. The van der Waals surface area contributed by atoms with Crippen molar-refractivity contribution in [1.82, 2.24) is 10.2 Å². The Hall–Kier alpha value is -1.96. The van der Waals surface area contributed by atoms with Gasteiger partial charge < -0.3 is 14.8 Å². The number of rotatable bonds is 9. The van der Waals surface area contributed by atoms with E-state index in [0.717, 1.165) is 38.8 Å². The van der Waals surface area contributed by atoms with E-state index in [1.807, 2.05) is 48.5 Å². The minimum Gasteiger partial charge on any atom is -0.497 e. The van der Waals surface area contributed by atoms with Gasteiger partial charge in [-0.1, -0.05) is 40.8 Å². The van der Waals surface area contributed by atoms with Gasteiger partial charge in [0, 0.05) is 22.5 Å². The largest absolute Gasteiger partial charge is 0.497 e. The van der Waals surface area contributed by atoms with Gasteiger partial charge in [-0.2, -0.15) is 0 Å². The Balaban J connectivity index is 1.40. The van der Waals surface area contributed by atoms with Crippen LogP contribution in [0.1, 0.15) is 6.42 Å². The number of hydrogen-bond donors (Lipinski definition) is 1. The van der Waals surface area contributed by atoms with Crippen molar-refractivity contribution < 1.29 is 9.47 Å². The van der Waals surface area contributed by atoms with Gasteiger partial charge in [0.25, 0.3) is 0 Å². The molecule has 8 heteroatoms. The third-order valence-corrected chi connectivity index (χ3v) is 5.63. The van der Waals surface area contributed by atoms with E-state index in [1.165, 1.54) is 11.3 Å². The summed E-state index contributed by atoms with van der Waals surface area (Å²) < 4.78 is 11.8. The Kier molecular flexibility index (Phi) is 6.99. The number of ether oxygens (including phenoxy) is 2. The number of nitrogens with one attached hydrogen (secondary N) is 1. The van der Waals surface area contributed by atoms with Crippen LogP contribution in [-0.2, 0) is 0 Å². The first kappa shape index (κ1) is 18.8. The molecule has 0 amide bonds. The lowest BCUT2D eigenvalue weighted by Crippen LogP contribution is -1.98. The molecule has 136 valence electrons. The van der Waals surface area contributed by atoms with E-state index in [0.29, 0.717) is 11.6 Å². The molecule has 2 aromatic carbocycles. The van der Waals surface area contributed by atoms with Crippen LogP contribution in [0.2, 0.25) is 5.02 Å². The molecule has 0 unspecified atom stereocenters. The number of methoxy groups -OCH3 is 1. The summed E-state index contributed by atoms with van der Waals surface area (Å²) in [6.07, 6.45) is 0.922. The van der Waals surface area contributed by atoms with Gasteiger partial charge in [0.2, 0.25) is 5.13 Å². The number of aromatic nitrogens is 2. The van der Waals surface area contributed by atoms with E-state index in [-0.39, 0.29) is 0 Å². The Morgan fingerprint density at radius 3 is 2.77 bits per heavy atom. The second kappa shape index (κ2) is 9.66. The second-order valence-corrected chi connectivity index (χ2v) is 7.99. The summed E-state index contributed by atoms with van der Waals surface area (Å²) in [5.41, 5.74) is 0.924. The van der Waals surface area contributed by atoms with Crippen LogP contribution in [0.15, 0.2) is 52.9 Å². The van der Waals surface area contributed by atoms with Gasteiger partial charge >= 0.3 is 0 Å². The zero-order valence-electron chi connectivity index (χ0n) is 14.1. The molecule has 0 aliphatic heterocycles. The van der Waals surface area contributed by atoms with Crippen LogP contribution >= 0.6 is 34.7 Å². The Morgan fingerprint density at radius 2 is 1.96 bits per heavy atom. The minimum atomic E-state index is 0.655. The summed E-state index contributed by atoms with van der Waals surface area (Å²) >= 11 is 9.06. The van der Waals surface area contributed by atoms with Gasteiger partial charge in [-0.15, -0.1) is 10.2 Å². The summed E-state index contributed by atoms with van der Waals surface area (Å²) in [4.78, 5) is 0. The van der Waals surface area contributed by atoms with Crippen molar-refractivity contribution in [2.24, 2.45) is 0 Å². The number of anilines is 2. The maximum atomic E-state index is 5.85. The summed E-state index contributed by atoms with van der Waals surface area (Å²) in [5.74, 6) is 2.55. The minimum absolute atomic E-state index is 0.655. The first-order chi connectivity index (χ1) is 12.7. The molecule has 0 atom stereocenters. The molecule has 0 fully saturated rings. The molecule has 26 heavy (non-hydrogen) atoms. The smallest absolute Gasteiger partial charge is 0.210 e. The highest BCUT2D eigenvalue weighted by molar-refractivity contribution is 8.01. The summed E-state index contributed by atoms with van der Waals surface area (Å²) in [6.45, 7) is 0.655. The summed E-state index contributed by atoms with van der Waals surface area (Å²) in [6, 6.07) is 15.1. The van der Waals surface area contributed by atoms with E-state index in [1.54, 1.807) is 18.9 Å². The standard InChI is InChI=1S/C18H18ClN3O2S2/c1-23-16-5-2-4-14(12-16)20-17-21-22-18(26-17)25-11-3-10-24-15-8-6-13(19)7-9-15/h2,4-9,12H,3,10-11H2,1H3,(H,20,21). The number of benzene rings is 2. The topological polar surface area (TPSA) is 56.3 Å². The molecular weight excluding hydrogens is 390 g/mol. The molecule has 0 saturated carbocycles. The van der Waals surface area contributed by atoms with Crippen molar-refractivity contribution in [2.45, 2.75) is 10.8 Å². The average molecular weight is 408 g/mol. The van der Waals surface area contributed by atoms with Crippen molar-refractivity contribution in [2.75, 3.05) is 24.8 Å². The number of hydrogen-bond acceptors (Lipinski definition) is 7. The van der Waals surface area contributed by atoms with Crippen LogP contribution in [0.25, 0.3) is 0 Å². The quantitative estimate of drug-likeness (QED) is 0.373. The SMILES string of the molecule is COc1cccc(Nc2nnc(SCCCOc3ccc(Cl)cc3)s2)c1. The van der Waals surface area contributed by atoms with Crippen LogP contribution < -0.4 is 14.8 Å². The maximum Gasteiger partial charge on any atom is 0.210 e. The zero-order chi connectivity index (χ0) is 18.2. The van der Waals surface area contributed by atoms with E-state index >= 15 is 0 Å². The third-order valence-electron chi connectivity index (χ3n) is 3.32. The molecule has 0 radical (unpaired) electrons. The van der Waals surface area contributed by atoms with Crippen molar-refractivity contribution in [3.63, 3.8) is 0 Å². The van der Waals surface area contributed by atoms with Gasteiger partial charge in [-0.05, 0) is 42.8 Å². The third kappa shape index (κ3) is 5.79. The lowest BCUT2D eigenvalue weighted by atomic mass is 10.3. The normalized spacial score (nSPS) is 10.5. The summed E-state index contributed by atoms with van der Waals surface area (Å²) in [5, 5.41) is 13.1. The van der Waals surface area contributed by atoms with Crippen LogP contribution in [0, 0.1) is 0 Å². The first-order valence-electron chi connectivity index (χ1n) is 7.99. The fourth-order valence-electron chi connectivity index (χ4n) is 2.08. The molecule has 0 saturated heterocycles. The molecule has 1 aromatic heterocycles. The van der Waals surface area contributed by atoms with Gasteiger partial charge in [0.15, 0.2) is 4.34 Å². The average Bonchev–Trinajstić information content (AvgIpc) is 3.10. The monoisotopic (exact) mass is 407 g/mol. The number of thioether (sulfide) groups is 1. The van der Waals surface area contributed by atoms with Crippen LogP contribution in [0.4, 0.5) is 10.8 Å². The zero-order valence-corrected chi connectivity index (χ0v) is 16.5. The lowest BCUT2D eigenvalue weighted by Gasteiger charge is -2.05. The van der Waals surface area contributed by atoms with Crippen molar-refractivity contribution in [3.8, 4) is 11.5 Å². The molecule has 3 aromatic rings. The molecule has 5 nitrogen and oxygen atoms in total. The fourth-order valence-corrected chi connectivity index (χ4v) is 3.96. The van der Waals surface area contributed by atoms with Gasteiger partial charge in [0.1, 0.15) is 11.5 Å². The van der Waals surface area contributed by atoms with Crippen LogP contribution in [-0.4, -0.2) is 29.7 Å². The second-order valence-electron chi connectivity index (χ2n) is 5.23. The van der Waals surface area contributed by atoms with Crippen LogP contribution in [0.5, 0.6) is 11.5 Å². The van der Waals surface area contributed by atoms with Gasteiger partial charge in [0.05, 0.1) is 13.7 Å². The van der Waals surface area contributed by atoms with E-state index < -0.39 is 0 Å². The number of nitrogens with zero attached hydrogens (tertiary/aromatic N) is 2. The highest BCUT2D eigenvalue weighted by Crippen LogP contribution is 2.29. The molecule has 1 N–H and O–H groups in total. The van der Waals surface area contributed by atoms with Crippen LogP contribution in [0.3, 0.4) is 0 Å². The molecule has 0 aliphatic carbocycles. The van der Waals surface area contributed by atoms with E-state index in [2.05, 4.69) is 15.5 Å². The van der Waals surface area contributed by atoms with Gasteiger partial charge in [-0.25, -0.2) is 0 Å². The maximum absolute atomic E-state index is 5.85. The predicted molar refractivity (Wildman–Crippen MR) is 108 cm³/mol. The Labute approximate surface area is 165 Å². The number of halogens is 1. The molecule has 0 bridgehead atoms. The van der Waals surface area contributed by atoms with E-state index in [4.69, 9.17) is 21.1 Å². The van der Waals surface area contributed by atoms with Crippen molar-refractivity contribution >= 4 is 45.5 Å². The van der Waals surface area contributed by atoms with Gasteiger partial charge in [-0.3, -0.25) is 0 Å². The highest BCUT2D eigenvalue weighted by Gasteiger charge is 2.06. The first-order valence-corrected chi connectivity index (χ1v) is 10.2.